The first-order valence-electron chi connectivity index (χ1n) is 8.58. The van der Waals surface area contributed by atoms with Crippen molar-refractivity contribution >= 4 is 29.2 Å². The third kappa shape index (κ3) is 3.39. The van der Waals surface area contributed by atoms with Crippen molar-refractivity contribution in [1.29, 1.82) is 0 Å². The van der Waals surface area contributed by atoms with Crippen LogP contribution in [0.3, 0.4) is 0 Å². The van der Waals surface area contributed by atoms with Gasteiger partial charge in [-0.1, -0.05) is 17.3 Å². The summed E-state index contributed by atoms with van der Waals surface area (Å²) in [5.41, 5.74) is 0.399. The third-order valence-corrected chi connectivity index (χ3v) is 5.11. The molecule has 0 spiro atoms. The molecule has 0 radical (unpaired) electrons. The summed E-state index contributed by atoms with van der Waals surface area (Å²) < 4.78 is 1.30. The van der Waals surface area contributed by atoms with Crippen LogP contribution in [0, 0.1) is 0 Å². The van der Waals surface area contributed by atoms with Crippen LogP contribution in [0.4, 0.5) is 0 Å². The highest BCUT2D eigenvalue weighted by atomic mass is 35.5. The predicted octanol–water partition coefficient (Wildman–Crippen LogP) is 0.956. The highest BCUT2D eigenvalue weighted by Gasteiger charge is 2.37. The van der Waals surface area contributed by atoms with Gasteiger partial charge in [0.1, 0.15) is 5.52 Å². The molecule has 8 heteroatoms. The molecule has 2 bridgehead atoms. The van der Waals surface area contributed by atoms with Gasteiger partial charge in [-0.2, -0.15) is 0 Å². The van der Waals surface area contributed by atoms with E-state index in [2.05, 4.69) is 15.6 Å². The number of aromatic nitrogens is 3. The molecular formula is C17H22ClN5O2. The van der Waals surface area contributed by atoms with E-state index in [1.54, 1.807) is 12.1 Å². The fourth-order valence-electron chi connectivity index (χ4n) is 3.89. The summed E-state index contributed by atoms with van der Waals surface area (Å²) in [5, 5.41) is 12.0. The van der Waals surface area contributed by atoms with Crippen LogP contribution in [-0.2, 0) is 11.3 Å². The first-order valence-corrected chi connectivity index (χ1v) is 8.58. The summed E-state index contributed by atoms with van der Waals surface area (Å²) in [6.07, 6.45) is 3.46. The van der Waals surface area contributed by atoms with Crippen molar-refractivity contribution in [2.75, 3.05) is 13.1 Å². The number of fused-ring (bicyclic) bond motifs is 3. The number of hydrogen-bond donors (Lipinski definition) is 1. The van der Waals surface area contributed by atoms with E-state index in [4.69, 9.17) is 0 Å². The minimum absolute atomic E-state index is 0. The normalized spacial score (nSPS) is 22.5. The lowest BCUT2D eigenvalue weighted by Gasteiger charge is -2.28. The molecule has 134 valence electrons. The molecule has 7 nitrogen and oxygen atoms in total. The van der Waals surface area contributed by atoms with E-state index in [9.17, 15) is 9.59 Å². The number of halogens is 1. The Labute approximate surface area is 151 Å². The van der Waals surface area contributed by atoms with Crippen LogP contribution < -0.4 is 10.9 Å². The van der Waals surface area contributed by atoms with Crippen molar-refractivity contribution in [2.45, 2.75) is 44.3 Å². The van der Waals surface area contributed by atoms with E-state index >= 15 is 0 Å². The van der Waals surface area contributed by atoms with Crippen LogP contribution in [0.25, 0.3) is 10.9 Å². The zero-order chi connectivity index (χ0) is 16.5. The maximum atomic E-state index is 12.7. The Bertz CT molecular complexity index is 810. The SMILES string of the molecule is Cl.O=C(CCn1nnc2ccccc2c1=O)N1C2CCNCC1CC2. The highest BCUT2D eigenvalue weighted by Crippen LogP contribution is 2.28. The van der Waals surface area contributed by atoms with E-state index < -0.39 is 0 Å². The van der Waals surface area contributed by atoms with Gasteiger partial charge in [0.05, 0.1) is 11.9 Å². The molecule has 1 aromatic carbocycles. The van der Waals surface area contributed by atoms with Gasteiger partial charge in [0.2, 0.25) is 5.91 Å². The number of amides is 1. The van der Waals surface area contributed by atoms with E-state index in [0.717, 1.165) is 32.4 Å². The molecule has 0 saturated carbocycles. The number of nitrogens with one attached hydrogen (secondary N) is 1. The average Bonchev–Trinajstić information content (AvgIpc) is 2.87. The maximum absolute atomic E-state index is 12.7. The maximum Gasteiger partial charge on any atom is 0.277 e. The van der Waals surface area contributed by atoms with Crippen LogP contribution >= 0.6 is 12.4 Å². The zero-order valence-electron chi connectivity index (χ0n) is 13.9. The second-order valence-corrected chi connectivity index (χ2v) is 6.56. The van der Waals surface area contributed by atoms with Gasteiger partial charge in [0.15, 0.2) is 0 Å². The summed E-state index contributed by atoms with van der Waals surface area (Å²) in [5.74, 6) is 0.119. The van der Waals surface area contributed by atoms with E-state index in [-0.39, 0.29) is 30.4 Å². The largest absolute Gasteiger partial charge is 0.335 e. The molecule has 1 N–H and O–H groups in total. The number of benzene rings is 1. The number of hydrogen-bond acceptors (Lipinski definition) is 5. The first kappa shape index (κ1) is 17.8. The molecule has 3 heterocycles. The Morgan fingerprint density at radius 3 is 2.88 bits per heavy atom. The lowest BCUT2D eigenvalue weighted by molar-refractivity contribution is -0.134. The van der Waals surface area contributed by atoms with Crippen molar-refractivity contribution in [3.8, 4) is 0 Å². The van der Waals surface area contributed by atoms with Crippen LogP contribution in [-0.4, -0.2) is 51.0 Å². The van der Waals surface area contributed by atoms with Crippen molar-refractivity contribution in [3.63, 3.8) is 0 Å². The Morgan fingerprint density at radius 2 is 2.00 bits per heavy atom. The second-order valence-electron chi connectivity index (χ2n) is 6.56. The molecule has 25 heavy (non-hydrogen) atoms. The van der Waals surface area contributed by atoms with Gasteiger partial charge < -0.3 is 10.2 Å². The number of carbonyl (C=O) groups excluding carboxylic acids is 1. The van der Waals surface area contributed by atoms with Gasteiger partial charge >= 0.3 is 0 Å². The van der Waals surface area contributed by atoms with Crippen molar-refractivity contribution in [2.24, 2.45) is 0 Å². The Morgan fingerprint density at radius 1 is 1.20 bits per heavy atom. The molecular weight excluding hydrogens is 342 g/mol. The summed E-state index contributed by atoms with van der Waals surface area (Å²) >= 11 is 0. The van der Waals surface area contributed by atoms with Crippen LogP contribution in [0.2, 0.25) is 0 Å². The molecule has 0 aliphatic carbocycles. The number of aryl methyl sites for hydroxylation is 1. The number of carbonyl (C=O) groups is 1. The van der Waals surface area contributed by atoms with Crippen molar-refractivity contribution in [3.05, 3.63) is 34.6 Å². The summed E-state index contributed by atoms with van der Waals surface area (Å²) in [7, 11) is 0. The van der Waals surface area contributed by atoms with Gasteiger partial charge in [0, 0.05) is 25.0 Å². The van der Waals surface area contributed by atoms with Crippen LogP contribution in [0.1, 0.15) is 25.7 Å². The summed E-state index contributed by atoms with van der Waals surface area (Å²) in [6.45, 7) is 2.12. The number of nitrogens with zero attached hydrogens (tertiary/aromatic N) is 4. The predicted molar refractivity (Wildman–Crippen MR) is 96.8 cm³/mol. The summed E-state index contributed by atoms with van der Waals surface area (Å²) in [4.78, 5) is 27.2. The lowest BCUT2D eigenvalue weighted by Crippen LogP contribution is -2.43. The molecule has 2 unspecified atom stereocenters. The molecule has 2 aliphatic rings. The molecule has 2 aliphatic heterocycles. The molecule has 2 aromatic rings. The lowest BCUT2D eigenvalue weighted by atomic mass is 10.1. The molecule has 1 aromatic heterocycles. The topological polar surface area (TPSA) is 80.1 Å². The molecule has 2 atom stereocenters. The van der Waals surface area contributed by atoms with E-state index in [0.29, 0.717) is 29.4 Å². The van der Waals surface area contributed by atoms with Crippen molar-refractivity contribution in [1.82, 2.24) is 25.2 Å². The standard InChI is InChI=1S/C17H21N5O2.ClH/c23-16(22-12-5-6-13(22)11-18-9-7-12)8-10-21-17(24)14-3-1-2-4-15(14)19-20-21;/h1-4,12-13,18H,5-11H2;1H. The van der Waals surface area contributed by atoms with Gasteiger partial charge in [-0.25, -0.2) is 4.68 Å². The molecule has 4 rings (SSSR count). The van der Waals surface area contributed by atoms with Crippen molar-refractivity contribution < 1.29 is 4.79 Å². The second kappa shape index (κ2) is 7.49. The summed E-state index contributed by atoms with van der Waals surface area (Å²) in [6, 6.07) is 7.78. The quantitative estimate of drug-likeness (QED) is 0.878. The fraction of sp³-hybridized carbons (Fsp3) is 0.529. The highest BCUT2D eigenvalue weighted by molar-refractivity contribution is 5.85. The monoisotopic (exact) mass is 363 g/mol. The Balaban J connectivity index is 0.00000182. The minimum atomic E-state index is -0.186. The van der Waals surface area contributed by atoms with Gasteiger partial charge in [-0.05, 0) is 37.9 Å². The number of rotatable bonds is 3. The smallest absolute Gasteiger partial charge is 0.277 e. The van der Waals surface area contributed by atoms with Gasteiger partial charge in [0.25, 0.3) is 5.56 Å². The third-order valence-electron chi connectivity index (χ3n) is 5.11. The minimum Gasteiger partial charge on any atom is -0.335 e. The molecule has 2 saturated heterocycles. The molecule has 2 fully saturated rings. The fourth-order valence-corrected chi connectivity index (χ4v) is 3.89. The average molecular weight is 364 g/mol. The van der Waals surface area contributed by atoms with Gasteiger partial charge in [-0.15, -0.1) is 17.5 Å². The Kier molecular flexibility index (Phi) is 5.34. The first-order chi connectivity index (χ1) is 11.7. The molecule has 1 amide bonds. The van der Waals surface area contributed by atoms with E-state index in [1.807, 2.05) is 17.0 Å². The zero-order valence-corrected chi connectivity index (χ0v) is 14.7. The Hall–Kier alpha value is -1.99. The van der Waals surface area contributed by atoms with Crippen LogP contribution in [0.15, 0.2) is 29.1 Å². The van der Waals surface area contributed by atoms with E-state index in [1.165, 1.54) is 4.68 Å². The van der Waals surface area contributed by atoms with Gasteiger partial charge in [-0.3, -0.25) is 9.59 Å². The van der Waals surface area contributed by atoms with Crippen LogP contribution in [0.5, 0.6) is 0 Å².